The predicted octanol–water partition coefficient (Wildman–Crippen LogP) is 17.3. The molecule has 0 fully saturated rings. The van der Waals surface area contributed by atoms with Crippen LogP contribution in [0.5, 0.6) is 0 Å². The number of nitrogens with zero attached hydrogens (tertiary/aromatic N) is 3. The molecular weight excluding hydrogens is 941 g/mol. The van der Waals surface area contributed by atoms with E-state index in [1.54, 1.807) is 9.13 Å². The summed E-state index contributed by atoms with van der Waals surface area (Å²) in [6.07, 6.45) is -10.4. The fourth-order valence-corrected chi connectivity index (χ4v) is 10.5. The van der Waals surface area contributed by atoms with Crippen molar-refractivity contribution >= 4 is 55.0 Å². The second kappa shape index (κ2) is 17.4. The zero-order chi connectivity index (χ0) is 51.0. The van der Waals surface area contributed by atoms with E-state index in [2.05, 4.69) is 6.07 Å². The molecule has 4 N–H and O–H groups in total. The highest BCUT2D eigenvalue weighted by Gasteiger charge is 2.38. The third-order valence-electron chi connectivity index (χ3n) is 13.9. The van der Waals surface area contributed by atoms with Crippen LogP contribution in [0.25, 0.3) is 111 Å². The number of hydrogen-bond donors (Lipinski definition) is 2. The Bertz CT molecular complexity index is 4000. The lowest BCUT2D eigenvalue weighted by molar-refractivity contribution is -0.143. The number of fused-ring (bicyclic) bond motifs is 6. The molecule has 10 aromatic carbocycles. The van der Waals surface area contributed by atoms with Crippen LogP contribution < -0.4 is 11.5 Å². The SMILES string of the molecule is N#Cc1c(N)c(-n2c3ccc(-c4ccccc4)cc3c3cc(-c4ccccc4)ccc32)c(-c2cc(C(F)(F)F)cc(C(F)(F)F)c2)c(N)c1-n1c2ccc(-c3ccccc3)cc2c2cc(-c3ccccc3)ccc21. The van der Waals surface area contributed by atoms with Gasteiger partial charge in [-0.3, -0.25) is 0 Å². The zero-order valence-corrected chi connectivity index (χ0v) is 39.0. The van der Waals surface area contributed by atoms with E-state index >= 15 is 0 Å². The van der Waals surface area contributed by atoms with E-state index in [1.165, 1.54) is 0 Å². The topological polar surface area (TPSA) is 85.7 Å². The molecule has 5 nitrogen and oxygen atoms in total. The number of alkyl halides is 6. The molecular formula is C63H39F6N5. The lowest BCUT2D eigenvalue weighted by Gasteiger charge is -2.25. The second-order valence-corrected chi connectivity index (χ2v) is 18.2. The van der Waals surface area contributed by atoms with Crippen molar-refractivity contribution in [3.8, 4) is 73.1 Å². The van der Waals surface area contributed by atoms with Crippen LogP contribution in [0, 0.1) is 11.3 Å². The Morgan fingerprint density at radius 2 is 0.649 bits per heavy atom. The number of nitrogen functional groups attached to an aromatic ring is 2. The number of halogens is 6. The molecule has 74 heavy (non-hydrogen) atoms. The van der Waals surface area contributed by atoms with Crippen molar-refractivity contribution in [2.45, 2.75) is 12.4 Å². The summed E-state index contributed by atoms with van der Waals surface area (Å²) >= 11 is 0. The van der Waals surface area contributed by atoms with Gasteiger partial charge in [0.2, 0.25) is 0 Å². The lowest BCUT2D eigenvalue weighted by atomic mass is 9.92. The normalized spacial score (nSPS) is 12.0. The molecule has 0 saturated carbocycles. The molecule has 0 radical (unpaired) electrons. The van der Waals surface area contributed by atoms with Crippen LogP contribution in [0.15, 0.2) is 212 Å². The summed E-state index contributed by atoms with van der Waals surface area (Å²) in [6.45, 7) is 0. The Morgan fingerprint density at radius 1 is 0.338 bits per heavy atom. The summed E-state index contributed by atoms with van der Waals surface area (Å²) in [5.74, 6) is 0. The van der Waals surface area contributed by atoms with Crippen molar-refractivity contribution in [2.75, 3.05) is 11.5 Å². The highest BCUT2D eigenvalue weighted by Crippen LogP contribution is 2.51. The highest BCUT2D eigenvalue weighted by atomic mass is 19.4. The number of aromatic nitrogens is 2. The molecule has 0 aliphatic rings. The van der Waals surface area contributed by atoms with E-state index in [4.69, 9.17) is 11.5 Å². The van der Waals surface area contributed by atoms with Gasteiger partial charge in [-0.2, -0.15) is 31.6 Å². The van der Waals surface area contributed by atoms with Crippen LogP contribution in [0.3, 0.4) is 0 Å². The molecule has 358 valence electrons. The van der Waals surface area contributed by atoms with Crippen molar-refractivity contribution < 1.29 is 26.3 Å². The average molecular weight is 980 g/mol. The fraction of sp³-hybridized carbons (Fsp3) is 0.0317. The van der Waals surface area contributed by atoms with Crippen LogP contribution in [-0.2, 0) is 12.4 Å². The summed E-state index contributed by atoms with van der Waals surface area (Å²) in [4.78, 5) is 0. The van der Waals surface area contributed by atoms with Gasteiger partial charge in [0, 0.05) is 27.1 Å². The van der Waals surface area contributed by atoms with Crippen LogP contribution in [-0.4, -0.2) is 9.13 Å². The highest BCUT2D eigenvalue weighted by molar-refractivity contribution is 6.16. The van der Waals surface area contributed by atoms with Gasteiger partial charge >= 0.3 is 12.4 Å². The Kier molecular flexibility index (Phi) is 10.7. The largest absolute Gasteiger partial charge is 0.416 e. The quantitative estimate of drug-likeness (QED) is 0.123. The predicted molar refractivity (Wildman–Crippen MR) is 286 cm³/mol. The summed E-state index contributed by atoms with van der Waals surface area (Å²) in [7, 11) is 0. The summed E-state index contributed by atoms with van der Waals surface area (Å²) in [6, 6.07) is 65.7. The van der Waals surface area contributed by atoms with Gasteiger partial charge in [-0.1, -0.05) is 146 Å². The fourth-order valence-electron chi connectivity index (χ4n) is 10.5. The van der Waals surface area contributed by atoms with Crippen molar-refractivity contribution in [1.29, 1.82) is 5.26 Å². The number of benzene rings is 10. The van der Waals surface area contributed by atoms with Gasteiger partial charge in [0.25, 0.3) is 0 Å². The Morgan fingerprint density at radius 3 is 0.946 bits per heavy atom. The maximum atomic E-state index is 15.0. The molecule has 0 unspecified atom stereocenters. The van der Waals surface area contributed by atoms with E-state index in [0.717, 1.165) is 55.3 Å². The molecule has 0 spiro atoms. The number of hydrogen-bond acceptors (Lipinski definition) is 3. The van der Waals surface area contributed by atoms with Gasteiger partial charge in [-0.25, -0.2) is 0 Å². The van der Waals surface area contributed by atoms with Crippen molar-refractivity contribution in [3.05, 3.63) is 229 Å². The number of nitrogens with two attached hydrogens (primary N) is 2. The van der Waals surface area contributed by atoms with Gasteiger partial charge < -0.3 is 20.6 Å². The first-order valence-corrected chi connectivity index (χ1v) is 23.6. The van der Waals surface area contributed by atoms with Gasteiger partial charge in [0.05, 0.1) is 55.9 Å². The van der Waals surface area contributed by atoms with E-state index in [1.807, 2.05) is 194 Å². The van der Waals surface area contributed by atoms with Crippen molar-refractivity contribution in [2.24, 2.45) is 0 Å². The first-order chi connectivity index (χ1) is 35.8. The molecule has 2 heterocycles. The molecule has 0 atom stereocenters. The van der Waals surface area contributed by atoms with Crippen molar-refractivity contribution in [3.63, 3.8) is 0 Å². The molecule has 12 aromatic rings. The van der Waals surface area contributed by atoms with Gasteiger partial charge in [0.1, 0.15) is 11.6 Å². The summed E-state index contributed by atoms with van der Waals surface area (Å²) in [5, 5.41) is 14.4. The molecule has 2 aromatic heterocycles. The van der Waals surface area contributed by atoms with E-state index in [-0.39, 0.29) is 39.9 Å². The molecule has 0 bridgehead atoms. The van der Waals surface area contributed by atoms with Crippen LogP contribution in [0.1, 0.15) is 16.7 Å². The van der Waals surface area contributed by atoms with Crippen LogP contribution in [0.2, 0.25) is 0 Å². The smallest absolute Gasteiger partial charge is 0.396 e. The summed E-state index contributed by atoms with van der Waals surface area (Å²) in [5.41, 5.74) is 19.7. The summed E-state index contributed by atoms with van der Waals surface area (Å²) < 4.78 is 93.3. The van der Waals surface area contributed by atoms with E-state index < -0.39 is 29.0 Å². The monoisotopic (exact) mass is 979 g/mol. The Labute approximate surface area is 420 Å². The van der Waals surface area contributed by atoms with Gasteiger partial charge in [-0.05, 0) is 117 Å². The Hall–Kier alpha value is -9.53. The maximum absolute atomic E-state index is 15.0. The standard InChI is InChI=1S/C63H39F6N5/c64-62(65,66)46-29-45(30-47(35-46)63(67,68)69)57-59(72)60(73-53-25-21-41(37-13-5-1-6-14-37)31-48(53)49-32-42(22-26-54(49)73)38-15-7-2-8-16-38)52(36-70)58(71)61(57)74-55-27-23-43(39-17-9-3-10-18-39)33-50(55)51-34-44(24-28-56(51)74)40-19-11-4-12-20-40/h1-35H,71-72H2. The minimum atomic E-state index is -5.21. The zero-order valence-electron chi connectivity index (χ0n) is 39.0. The molecule has 0 saturated heterocycles. The van der Waals surface area contributed by atoms with E-state index in [0.29, 0.717) is 45.0 Å². The second-order valence-electron chi connectivity index (χ2n) is 18.2. The lowest BCUT2D eigenvalue weighted by Crippen LogP contribution is -2.14. The van der Waals surface area contributed by atoms with Gasteiger partial charge in [-0.15, -0.1) is 0 Å². The molecule has 0 aliphatic carbocycles. The molecule has 0 aliphatic heterocycles. The van der Waals surface area contributed by atoms with E-state index in [9.17, 15) is 31.6 Å². The van der Waals surface area contributed by atoms with Crippen molar-refractivity contribution in [1.82, 2.24) is 9.13 Å². The molecule has 11 heteroatoms. The first kappa shape index (κ1) is 45.6. The number of nitriles is 1. The van der Waals surface area contributed by atoms with Gasteiger partial charge in [0.15, 0.2) is 0 Å². The minimum absolute atomic E-state index is 0.00635. The molecule has 12 rings (SSSR count). The third kappa shape index (κ3) is 7.58. The molecule has 0 amide bonds. The number of anilines is 2. The maximum Gasteiger partial charge on any atom is 0.416 e. The first-order valence-electron chi connectivity index (χ1n) is 23.6. The number of rotatable bonds is 7. The minimum Gasteiger partial charge on any atom is -0.396 e. The van der Waals surface area contributed by atoms with Crippen LogP contribution in [0.4, 0.5) is 37.7 Å². The van der Waals surface area contributed by atoms with Crippen LogP contribution >= 0.6 is 0 Å². The Balaban J connectivity index is 1.23. The average Bonchev–Trinajstić information content (AvgIpc) is 3.94. The third-order valence-corrected chi connectivity index (χ3v) is 13.9.